The molecule has 0 saturated carbocycles. The Morgan fingerprint density at radius 3 is 2.55 bits per heavy atom. The number of fused-ring (bicyclic) bond motifs is 1. The third-order valence-corrected chi connectivity index (χ3v) is 3.22. The second kappa shape index (κ2) is 5.62. The summed E-state index contributed by atoms with van der Waals surface area (Å²) >= 11 is 0. The van der Waals surface area contributed by atoms with Crippen molar-refractivity contribution in [2.45, 2.75) is 40.4 Å². The third kappa shape index (κ3) is 2.29. The largest absolute Gasteiger partial charge is 0.332 e. The number of hydrogen-bond acceptors (Lipinski definition) is 4. The highest BCUT2D eigenvalue weighted by Crippen LogP contribution is 2.08. The van der Waals surface area contributed by atoms with Crippen LogP contribution >= 0.6 is 0 Å². The molecule has 110 valence electrons. The fourth-order valence-electron chi connectivity index (χ4n) is 2.33. The molecule has 0 aliphatic rings. The maximum Gasteiger partial charge on any atom is 0.332 e. The van der Waals surface area contributed by atoms with Gasteiger partial charge in [0.05, 0.1) is 6.33 Å². The van der Waals surface area contributed by atoms with Crippen LogP contribution in [-0.2, 0) is 19.6 Å². The summed E-state index contributed by atoms with van der Waals surface area (Å²) in [6.45, 7) is 7.62. The molecule has 20 heavy (non-hydrogen) atoms. The maximum atomic E-state index is 12.5. The van der Waals surface area contributed by atoms with E-state index in [9.17, 15) is 9.59 Å². The Bertz CT molecular complexity index is 723. The Balaban J connectivity index is 2.86. The highest BCUT2D eigenvalue weighted by atomic mass is 16.2. The van der Waals surface area contributed by atoms with Crippen molar-refractivity contribution >= 4 is 11.2 Å². The van der Waals surface area contributed by atoms with Crippen LogP contribution < -0.4 is 17.0 Å². The van der Waals surface area contributed by atoms with Crippen molar-refractivity contribution in [2.24, 2.45) is 11.7 Å². The lowest BCUT2D eigenvalue weighted by molar-refractivity contribution is 0.488. The normalized spacial score (nSPS) is 11.7. The summed E-state index contributed by atoms with van der Waals surface area (Å²) in [5.74, 6) is 0.284. The number of imidazole rings is 1. The number of hydrogen-bond donors (Lipinski definition) is 1. The standard InChI is InChI=1S/C13H21N5O2/c1-4-16-8-15-11-10(16)12(19)17(6-5-14)13(20)18(11)7-9(2)3/h8-9H,4-7,14H2,1-3H3. The van der Waals surface area contributed by atoms with Crippen molar-refractivity contribution in [3.05, 3.63) is 27.2 Å². The molecule has 0 atom stereocenters. The molecule has 0 aromatic carbocycles. The molecule has 2 N–H and O–H groups in total. The van der Waals surface area contributed by atoms with Crippen LogP contribution in [0.4, 0.5) is 0 Å². The SMILES string of the molecule is CCn1cnc2c1c(=O)n(CCN)c(=O)n2CC(C)C. The number of nitrogens with two attached hydrogens (primary N) is 1. The summed E-state index contributed by atoms with van der Waals surface area (Å²) in [5.41, 5.74) is 5.80. The molecule has 2 rings (SSSR count). The van der Waals surface area contributed by atoms with Crippen LogP contribution in [0.25, 0.3) is 11.2 Å². The van der Waals surface area contributed by atoms with Gasteiger partial charge in [-0.15, -0.1) is 0 Å². The van der Waals surface area contributed by atoms with Gasteiger partial charge in [-0.05, 0) is 12.8 Å². The predicted octanol–water partition coefficient (Wildman–Crippen LogP) is -0.00570. The molecule has 2 aromatic rings. The number of nitrogens with zero attached hydrogens (tertiary/aromatic N) is 4. The van der Waals surface area contributed by atoms with E-state index in [1.807, 2.05) is 20.8 Å². The molecule has 0 saturated heterocycles. The molecule has 0 bridgehead atoms. The van der Waals surface area contributed by atoms with Gasteiger partial charge in [-0.1, -0.05) is 13.8 Å². The Morgan fingerprint density at radius 2 is 2.00 bits per heavy atom. The molecule has 7 heteroatoms. The minimum absolute atomic E-state index is 0.223. The zero-order valence-electron chi connectivity index (χ0n) is 12.2. The average molecular weight is 279 g/mol. The number of rotatable bonds is 5. The Morgan fingerprint density at radius 1 is 1.30 bits per heavy atom. The van der Waals surface area contributed by atoms with Gasteiger partial charge in [-0.2, -0.15) is 0 Å². The van der Waals surface area contributed by atoms with Crippen LogP contribution in [0.1, 0.15) is 20.8 Å². The fourth-order valence-corrected chi connectivity index (χ4v) is 2.33. The number of aromatic nitrogens is 4. The smallest absolute Gasteiger partial charge is 0.329 e. The van der Waals surface area contributed by atoms with Gasteiger partial charge >= 0.3 is 5.69 Å². The van der Waals surface area contributed by atoms with Gasteiger partial charge in [0.2, 0.25) is 0 Å². The zero-order valence-corrected chi connectivity index (χ0v) is 12.2. The molecular weight excluding hydrogens is 258 g/mol. The van der Waals surface area contributed by atoms with Gasteiger partial charge < -0.3 is 10.3 Å². The second-order valence-corrected chi connectivity index (χ2v) is 5.24. The first kappa shape index (κ1) is 14.5. The van der Waals surface area contributed by atoms with Crippen LogP contribution in [0.3, 0.4) is 0 Å². The summed E-state index contributed by atoms with van der Waals surface area (Å²) < 4.78 is 4.54. The average Bonchev–Trinajstić information content (AvgIpc) is 2.83. The molecule has 0 aliphatic carbocycles. The van der Waals surface area contributed by atoms with Gasteiger partial charge in [0.15, 0.2) is 11.2 Å². The van der Waals surface area contributed by atoms with Crippen molar-refractivity contribution in [3.8, 4) is 0 Å². The first-order valence-corrected chi connectivity index (χ1v) is 6.89. The van der Waals surface area contributed by atoms with Crippen molar-refractivity contribution in [2.75, 3.05) is 6.54 Å². The first-order chi connectivity index (χ1) is 9.51. The van der Waals surface area contributed by atoms with Gasteiger partial charge in [0.1, 0.15) is 0 Å². The highest BCUT2D eigenvalue weighted by Gasteiger charge is 2.17. The van der Waals surface area contributed by atoms with Crippen LogP contribution in [0.2, 0.25) is 0 Å². The van der Waals surface area contributed by atoms with E-state index in [1.54, 1.807) is 15.5 Å². The fraction of sp³-hybridized carbons (Fsp3) is 0.615. The van der Waals surface area contributed by atoms with Crippen molar-refractivity contribution < 1.29 is 0 Å². The van der Waals surface area contributed by atoms with Gasteiger partial charge in [-0.25, -0.2) is 9.78 Å². The van der Waals surface area contributed by atoms with Crippen LogP contribution in [-0.4, -0.2) is 25.2 Å². The molecule has 0 amide bonds. The van der Waals surface area contributed by atoms with E-state index in [4.69, 9.17) is 5.73 Å². The molecule has 0 radical (unpaired) electrons. The van der Waals surface area contributed by atoms with E-state index in [-0.39, 0.29) is 30.3 Å². The van der Waals surface area contributed by atoms with Crippen LogP contribution in [0.5, 0.6) is 0 Å². The summed E-state index contributed by atoms with van der Waals surface area (Å²) in [6, 6.07) is 0. The minimum Gasteiger partial charge on any atom is -0.329 e. The van der Waals surface area contributed by atoms with Crippen molar-refractivity contribution in [3.63, 3.8) is 0 Å². The van der Waals surface area contributed by atoms with E-state index in [1.165, 1.54) is 4.57 Å². The van der Waals surface area contributed by atoms with E-state index < -0.39 is 0 Å². The van der Waals surface area contributed by atoms with Crippen LogP contribution in [0.15, 0.2) is 15.9 Å². The van der Waals surface area contributed by atoms with E-state index in [2.05, 4.69) is 4.98 Å². The lowest BCUT2D eigenvalue weighted by atomic mass is 10.2. The lowest BCUT2D eigenvalue weighted by Crippen LogP contribution is -2.42. The Hall–Kier alpha value is -1.89. The maximum absolute atomic E-state index is 12.5. The summed E-state index contributed by atoms with van der Waals surface area (Å²) in [5, 5.41) is 0. The minimum atomic E-state index is -0.331. The third-order valence-electron chi connectivity index (χ3n) is 3.22. The van der Waals surface area contributed by atoms with Crippen molar-refractivity contribution in [1.29, 1.82) is 0 Å². The zero-order chi connectivity index (χ0) is 14.9. The monoisotopic (exact) mass is 279 g/mol. The van der Waals surface area contributed by atoms with Crippen molar-refractivity contribution in [1.82, 2.24) is 18.7 Å². The summed E-state index contributed by atoms with van der Waals surface area (Å²) in [4.78, 5) is 29.1. The molecule has 2 heterocycles. The Labute approximate surface area is 116 Å². The van der Waals surface area contributed by atoms with E-state index in [0.717, 1.165) is 0 Å². The molecule has 0 unspecified atom stereocenters. The molecule has 2 aromatic heterocycles. The first-order valence-electron chi connectivity index (χ1n) is 6.89. The van der Waals surface area contributed by atoms with Gasteiger partial charge in [-0.3, -0.25) is 13.9 Å². The lowest BCUT2D eigenvalue weighted by Gasteiger charge is -2.13. The number of aryl methyl sites for hydroxylation is 1. The molecular formula is C13H21N5O2. The summed E-state index contributed by atoms with van der Waals surface area (Å²) in [7, 11) is 0. The molecule has 0 fully saturated rings. The second-order valence-electron chi connectivity index (χ2n) is 5.24. The molecule has 0 aliphatic heterocycles. The quantitative estimate of drug-likeness (QED) is 0.834. The topological polar surface area (TPSA) is 87.8 Å². The highest BCUT2D eigenvalue weighted by molar-refractivity contribution is 5.70. The molecule has 0 spiro atoms. The predicted molar refractivity (Wildman–Crippen MR) is 77.8 cm³/mol. The van der Waals surface area contributed by atoms with Gasteiger partial charge in [0.25, 0.3) is 5.56 Å². The summed E-state index contributed by atoms with van der Waals surface area (Å²) in [6.07, 6.45) is 1.61. The van der Waals surface area contributed by atoms with Crippen LogP contribution in [0, 0.1) is 5.92 Å². The van der Waals surface area contributed by atoms with Gasteiger partial charge in [0, 0.05) is 26.2 Å². The van der Waals surface area contributed by atoms with E-state index >= 15 is 0 Å². The van der Waals surface area contributed by atoms with E-state index in [0.29, 0.717) is 24.3 Å². The Kier molecular flexibility index (Phi) is 4.08. The molecule has 7 nitrogen and oxygen atoms in total.